The van der Waals surface area contributed by atoms with Crippen LogP contribution in [0.1, 0.15) is 45.1 Å². The van der Waals surface area contributed by atoms with Crippen molar-refractivity contribution >= 4 is 17.5 Å². The van der Waals surface area contributed by atoms with Gasteiger partial charge in [0.1, 0.15) is 0 Å². The molecule has 0 radical (unpaired) electrons. The zero-order chi connectivity index (χ0) is 16.9. The summed E-state index contributed by atoms with van der Waals surface area (Å²) in [7, 11) is 0. The molecule has 1 aromatic rings. The van der Waals surface area contributed by atoms with Crippen LogP contribution in [0.2, 0.25) is 0 Å². The van der Waals surface area contributed by atoms with Gasteiger partial charge < -0.3 is 16.0 Å². The number of hydrogen-bond donors (Lipinski definition) is 2. The van der Waals surface area contributed by atoms with E-state index < -0.39 is 0 Å². The highest BCUT2D eigenvalue weighted by atomic mass is 16.2. The maximum atomic E-state index is 12.2. The zero-order valence-electron chi connectivity index (χ0n) is 14.1. The second kappa shape index (κ2) is 7.59. The van der Waals surface area contributed by atoms with Gasteiger partial charge in [0.05, 0.1) is 0 Å². The quantitative estimate of drug-likeness (QED) is 0.807. The molecule has 0 atom stereocenters. The lowest BCUT2D eigenvalue weighted by molar-refractivity contribution is -0.121. The van der Waals surface area contributed by atoms with Gasteiger partial charge in [-0.2, -0.15) is 0 Å². The van der Waals surface area contributed by atoms with Gasteiger partial charge in [-0.1, -0.05) is 32.0 Å². The summed E-state index contributed by atoms with van der Waals surface area (Å²) in [5.74, 6) is 0.0318. The number of para-hydroxylation sites is 1. The van der Waals surface area contributed by atoms with Crippen molar-refractivity contribution in [2.45, 2.75) is 51.5 Å². The first-order chi connectivity index (χ1) is 11.0. The van der Waals surface area contributed by atoms with E-state index in [1.165, 1.54) is 5.56 Å². The largest absolute Gasteiger partial charge is 0.354 e. The zero-order valence-corrected chi connectivity index (χ0v) is 14.1. The summed E-state index contributed by atoms with van der Waals surface area (Å²) < 4.78 is 0. The average molecular weight is 317 g/mol. The molecule has 1 aliphatic heterocycles. The maximum absolute atomic E-state index is 12.2. The number of nitrogens with two attached hydrogens (primary N) is 1. The van der Waals surface area contributed by atoms with Gasteiger partial charge in [0.15, 0.2) is 0 Å². The third-order valence-corrected chi connectivity index (χ3v) is 4.80. The van der Waals surface area contributed by atoms with Gasteiger partial charge in [0.2, 0.25) is 11.8 Å². The molecule has 0 fully saturated rings. The average Bonchev–Trinajstić information content (AvgIpc) is 2.58. The van der Waals surface area contributed by atoms with Crippen LogP contribution in [-0.2, 0) is 16.0 Å². The molecular weight excluding hydrogens is 290 g/mol. The highest BCUT2D eigenvalue weighted by Gasteiger charge is 2.25. The van der Waals surface area contributed by atoms with Gasteiger partial charge in [-0.25, -0.2) is 0 Å². The predicted octanol–water partition coefficient (Wildman–Crippen LogP) is 1.99. The highest BCUT2D eigenvalue weighted by Crippen LogP contribution is 2.27. The number of hydrogen-bond acceptors (Lipinski definition) is 3. The Morgan fingerprint density at radius 1 is 1.26 bits per heavy atom. The predicted molar refractivity (Wildman–Crippen MR) is 92.2 cm³/mol. The minimum atomic E-state index is -0.344. The fourth-order valence-corrected chi connectivity index (χ4v) is 2.82. The van der Waals surface area contributed by atoms with Gasteiger partial charge in [0, 0.05) is 37.2 Å². The van der Waals surface area contributed by atoms with Crippen molar-refractivity contribution in [3.05, 3.63) is 29.8 Å². The molecule has 1 aromatic carbocycles. The first kappa shape index (κ1) is 17.5. The Hall–Kier alpha value is -1.88. The Morgan fingerprint density at radius 3 is 2.65 bits per heavy atom. The Balaban J connectivity index is 1.90. The summed E-state index contributed by atoms with van der Waals surface area (Å²) in [5.41, 5.74) is 7.95. The normalized spacial score (nSPS) is 14.6. The van der Waals surface area contributed by atoms with Crippen molar-refractivity contribution in [3.63, 3.8) is 0 Å². The van der Waals surface area contributed by atoms with E-state index in [0.29, 0.717) is 25.9 Å². The Morgan fingerprint density at radius 2 is 1.96 bits per heavy atom. The van der Waals surface area contributed by atoms with Crippen LogP contribution >= 0.6 is 0 Å². The molecule has 5 nitrogen and oxygen atoms in total. The first-order valence-electron chi connectivity index (χ1n) is 8.43. The molecular formula is C18H27N3O2. The van der Waals surface area contributed by atoms with Crippen molar-refractivity contribution in [2.24, 2.45) is 5.73 Å². The molecule has 0 saturated carbocycles. The number of rotatable bonds is 7. The van der Waals surface area contributed by atoms with Crippen LogP contribution in [0.25, 0.3) is 0 Å². The minimum absolute atomic E-state index is 0.0578. The van der Waals surface area contributed by atoms with E-state index in [9.17, 15) is 9.59 Å². The topological polar surface area (TPSA) is 75.4 Å². The Bertz CT molecular complexity index is 567. The second-order valence-electron chi connectivity index (χ2n) is 6.27. The van der Waals surface area contributed by atoms with Crippen molar-refractivity contribution in [1.82, 2.24) is 5.32 Å². The number of carbonyl (C=O) groups is 2. The number of aryl methyl sites for hydroxylation is 1. The lowest BCUT2D eigenvalue weighted by Crippen LogP contribution is -2.49. The van der Waals surface area contributed by atoms with Crippen molar-refractivity contribution in [1.29, 1.82) is 0 Å². The molecule has 0 bridgehead atoms. The van der Waals surface area contributed by atoms with Crippen LogP contribution < -0.4 is 16.0 Å². The van der Waals surface area contributed by atoms with Crippen LogP contribution in [-0.4, -0.2) is 30.4 Å². The minimum Gasteiger partial charge on any atom is -0.354 e. The van der Waals surface area contributed by atoms with E-state index in [1.807, 2.05) is 38.1 Å². The van der Waals surface area contributed by atoms with Gasteiger partial charge in [-0.15, -0.1) is 0 Å². The van der Waals surface area contributed by atoms with Gasteiger partial charge in [0.25, 0.3) is 0 Å². The number of nitrogens with zero attached hydrogens (tertiary/aromatic N) is 1. The molecule has 0 unspecified atom stereocenters. The summed E-state index contributed by atoms with van der Waals surface area (Å²) in [5, 5.41) is 2.90. The van der Waals surface area contributed by atoms with Crippen LogP contribution in [0.3, 0.4) is 0 Å². The lowest BCUT2D eigenvalue weighted by Gasteiger charge is -2.30. The van der Waals surface area contributed by atoms with Crippen LogP contribution in [0, 0.1) is 0 Å². The third kappa shape index (κ3) is 4.32. The van der Waals surface area contributed by atoms with Crippen molar-refractivity contribution in [3.8, 4) is 0 Å². The van der Waals surface area contributed by atoms with Crippen molar-refractivity contribution in [2.75, 3.05) is 18.0 Å². The fraction of sp³-hybridized carbons (Fsp3) is 0.556. The molecule has 5 heteroatoms. The maximum Gasteiger partial charge on any atom is 0.227 e. The Labute approximate surface area is 138 Å². The number of carbonyl (C=O) groups excluding carboxylic acids is 2. The number of anilines is 1. The molecule has 0 spiro atoms. The molecule has 1 heterocycles. The number of amides is 2. The molecule has 126 valence electrons. The van der Waals surface area contributed by atoms with E-state index in [0.717, 1.165) is 24.9 Å². The molecule has 0 aliphatic carbocycles. The summed E-state index contributed by atoms with van der Waals surface area (Å²) in [6.45, 7) is 4.94. The number of fused-ring (bicyclic) bond motifs is 1. The SMILES string of the molecule is CCC(N)(CC)CNC(=O)CCN1C(=O)CCc2ccccc21. The molecule has 2 rings (SSSR count). The van der Waals surface area contributed by atoms with E-state index in [-0.39, 0.29) is 17.4 Å². The standard InChI is InChI=1S/C18H27N3O2/c1-3-18(19,4-2)13-20-16(22)11-12-21-15-8-6-5-7-14(15)9-10-17(21)23/h5-8H,3-4,9-13,19H2,1-2H3,(H,20,22). The van der Waals surface area contributed by atoms with Gasteiger partial charge in [-0.05, 0) is 30.9 Å². The van der Waals surface area contributed by atoms with Crippen LogP contribution in [0.5, 0.6) is 0 Å². The number of benzene rings is 1. The van der Waals surface area contributed by atoms with Crippen LogP contribution in [0.4, 0.5) is 5.69 Å². The first-order valence-corrected chi connectivity index (χ1v) is 8.43. The van der Waals surface area contributed by atoms with E-state index >= 15 is 0 Å². The summed E-state index contributed by atoms with van der Waals surface area (Å²) in [6.07, 6.45) is 3.23. The molecule has 0 aromatic heterocycles. The molecule has 3 N–H and O–H groups in total. The second-order valence-corrected chi connectivity index (χ2v) is 6.27. The summed E-state index contributed by atoms with van der Waals surface area (Å²) >= 11 is 0. The summed E-state index contributed by atoms with van der Waals surface area (Å²) in [4.78, 5) is 26.0. The molecule has 0 saturated heterocycles. The molecule has 23 heavy (non-hydrogen) atoms. The van der Waals surface area contributed by atoms with Gasteiger partial charge in [-0.3, -0.25) is 9.59 Å². The van der Waals surface area contributed by atoms with E-state index in [2.05, 4.69) is 5.32 Å². The summed E-state index contributed by atoms with van der Waals surface area (Å²) in [6, 6.07) is 7.90. The number of nitrogens with one attached hydrogen (secondary N) is 1. The van der Waals surface area contributed by atoms with E-state index in [1.54, 1.807) is 4.90 Å². The van der Waals surface area contributed by atoms with E-state index in [4.69, 9.17) is 5.73 Å². The smallest absolute Gasteiger partial charge is 0.227 e. The van der Waals surface area contributed by atoms with Crippen molar-refractivity contribution < 1.29 is 9.59 Å². The third-order valence-electron chi connectivity index (χ3n) is 4.80. The van der Waals surface area contributed by atoms with Gasteiger partial charge >= 0.3 is 0 Å². The highest BCUT2D eigenvalue weighted by molar-refractivity contribution is 5.96. The lowest BCUT2D eigenvalue weighted by atomic mass is 9.94. The Kier molecular flexibility index (Phi) is 5.77. The molecule has 1 aliphatic rings. The molecule has 2 amide bonds. The monoisotopic (exact) mass is 317 g/mol. The van der Waals surface area contributed by atoms with Crippen LogP contribution in [0.15, 0.2) is 24.3 Å². The fourth-order valence-electron chi connectivity index (χ4n) is 2.82.